The van der Waals surface area contributed by atoms with E-state index >= 15 is 0 Å². The molecule has 3 heteroatoms. The van der Waals surface area contributed by atoms with Gasteiger partial charge in [0, 0.05) is 6.08 Å². The number of carboxylic acids is 1. The Bertz CT molecular complexity index is 585. The van der Waals surface area contributed by atoms with E-state index in [1.54, 1.807) is 6.08 Å². The molecule has 1 N–H and O–H groups in total. The van der Waals surface area contributed by atoms with Crippen LogP contribution in [0.4, 0.5) is 0 Å². The topological polar surface area (TPSA) is 61.1 Å². The molecule has 2 rings (SSSR count). The van der Waals surface area contributed by atoms with Gasteiger partial charge < -0.3 is 5.11 Å². The van der Waals surface area contributed by atoms with Crippen LogP contribution in [0.1, 0.15) is 49.1 Å². The first-order valence-corrected chi connectivity index (χ1v) is 7.75. The Balaban J connectivity index is 1.78. The molecule has 0 aromatic heterocycles. The molecule has 1 aromatic rings. The van der Waals surface area contributed by atoms with Gasteiger partial charge in [-0.2, -0.15) is 5.26 Å². The maximum absolute atomic E-state index is 10.3. The fraction of sp³-hybridized carbons (Fsp3) is 0.368. The summed E-state index contributed by atoms with van der Waals surface area (Å²) in [4.78, 5) is 10.3. The number of rotatable bonds is 5. The maximum atomic E-state index is 10.3. The number of carbonyl (C=O) groups is 1. The van der Waals surface area contributed by atoms with Crippen LogP contribution in [0.15, 0.2) is 48.6 Å². The predicted octanol–water partition coefficient (Wildman–Crippen LogP) is 4.42. The third-order valence-corrected chi connectivity index (χ3v) is 4.31. The number of hydrogen-bond donors (Lipinski definition) is 1. The molecule has 1 aliphatic rings. The van der Waals surface area contributed by atoms with Gasteiger partial charge in [0.2, 0.25) is 0 Å². The average molecular weight is 295 g/mol. The highest BCUT2D eigenvalue weighted by atomic mass is 16.4. The Labute approximate surface area is 131 Å². The lowest BCUT2D eigenvalue weighted by atomic mass is 9.77. The van der Waals surface area contributed by atoms with Crippen molar-refractivity contribution >= 4 is 5.97 Å². The summed E-state index contributed by atoms with van der Waals surface area (Å²) in [6.45, 7) is 0. The molecule has 0 unspecified atom stereocenters. The van der Waals surface area contributed by atoms with E-state index in [1.807, 2.05) is 18.2 Å². The monoisotopic (exact) mass is 295 g/mol. The van der Waals surface area contributed by atoms with Crippen molar-refractivity contribution in [3.05, 3.63) is 59.7 Å². The zero-order chi connectivity index (χ0) is 15.8. The molecule has 0 bridgehead atoms. The zero-order valence-corrected chi connectivity index (χ0v) is 12.6. The smallest absolute Gasteiger partial charge is 0.328 e. The molecule has 0 saturated heterocycles. The summed E-state index contributed by atoms with van der Waals surface area (Å²) in [6, 6.07) is 10.1. The standard InChI is InChI=1S/C19H21NO2/c20-14-16-8-12-18(13-9-16)17-10-6-15(7-11-17)4-2-1-3-5-19(21)22/h1-3,5,8-9,12-13,15,17H,4,6-7,10-11H2,(H,21,22)/b2-1+,5-3+/t15-,17-. The average Bonchev–Trinajstić information content (AvgIpc) is 2.55. The van der Waals surface area contributed by atoms with Gasteiger partial charge in [0.25, 0.3) is 0 Å². The maximum Gasteiger partial charge on any atom is 0.328 e. The third kappa shape index (κ3) is 4.89. The number of nitriles is 1. The van der Waals surface area contributed by atoms with E-state index in [2.05, 4.69) is 24.3 Å². The van der Waals surface area contributed by atoms with Crippen LogP contribution in [0, 0.1) is 17.2 Å². The Morgan fingerprint density at radius 1 is 1.18 bits per heavy atom. The molecule has 1 aromatic carbocycles. The quantitative estimate of drug-likeness (QED) is 0.646. The Hall–Kier alpha value is -2.34. The molecule has 1 fully saturated rings. The fourth-order valence-corrected chi connectivity index (χ4v) is 3.05. The van der Waals surface area contributed by atoms with Crippen molar-refractivity contribution in [2.24, 2.45) is 5.92 Å². The molecule has 0 aliphatic heterocycles. The Morgan fingerprint density at radius 3 is 2.45 bits per heavy atom. The summed E-state index contributed by atoms with van der Waals surface area (Å²) >= 11 is 0. The largest absolute Gasteiger partial charge is 0.478 e. The summed E-state index contributed by atoms with van der Waals surface area (Å²) in [5.74, 6) is 0.400. The Morgan fingerprint density at radius 2 is 1.86 bits per heavy atom. The minimum atomic E-state index is -0.910. The van der Waals surface area contributed by atoms with Crippen LogP contribution >= 0.6 is 0 Å². The number of carboxylic acid groups (broad SMARTS) is 1. The van der Waals surface area contributed by atoms with Crippen LogP contribution in [-0.2, 0) is 4.79 Å². The van der Waals surface area contributed by atoms with Crippen LogP contribution in [0.25, 0.3) is 0 Å². The first-order valence-electron chi connectivity index (χ1n) is 7.75. The van der Waals surface area contributed by atoms with Gasteiger partial charge in [-0.1, -0.05) is 30.4 Å². The van der Waals surface area contributed by atoms with Gasteiger partial charge in [-0.25, -0.2) is 4.79 Å². The number of allylic oxidation sites excluding steroid dienone is 3. The van der Waals surface area contributed by atoms with Crippen LogP contribution in [-0.4, -0.2) is 11.1 Å². The summed E-state index contributed by atoms with van der Waals surface area (Å²) in [5.41, 5.74) is 2.06. The zero-order valence-electron chi connectivity index (χ0n) is 12.6. The van der Waals surface area contributed by atoms with Crippen molar-refractivity contribution in [2.45, 2.75) is 38.0 Å². The van der Waals surface area contributed by atoms with Gasteiger partial charge in [-0.05, 0) is 61.6 Å². The molecule has 0 atom stereocenters. The van der Waals surface area contributed by atoms with Gasteiger partial charge in [0.1, 0.15) is 0 Å². The van der Waals surface area contributed by atoms with Crippen molar-refractivity contribution in [1.29, 1.82) is 5.26 Å². The normalized spacial score (nSPS) is 22.0. The molecule has 0 amide bonds. The molecule has 3 nitrogen and oxygen atoms in total. The van der Waals surface area contributed by atoms with E-state index in [1.165, 1.54) is 31.2 Å². The molecular weight excluding hydrogens is 274 g/mol. The first kappa shape index (κ1) is 16.0. The van der Waals surface area contributed by atoms with Crippen molar-refractivity contribution in [2.75, 3.05) is 0 Å². The van der Waals surface area contributed by atoms with Gasteiger partial charge in [-0.15, -0.1) is 0 Å². The van der Waals surface area contributed by atoms with Crippen molar-refractivity contribution in [1.82, 2.24) is 0 Å². The van der Waals surface area contributed by atoms with Gasteiger partial charge in [-0.3, -0.25) is 0 Å². The lowest BCUT2D eigenvalue weighted by molar-refractivity contribution is -0.131. The van der Waals surface area contributed by atoms with E-state index in [0.29, 0.717) is 11.8 Å². The summed E-state index contributed by atoms with van der Waals surface area (Å²) < 4.78 is 0. The second kappa shape index (κ2) is 8.19. The van der Waals surface area contributed by atoms with Crippen LogP contribution in [0.2, 0.25) is 0 Å². The number of benzene rings is 1. The molecular formula is C19H21NO2. The Kier molecular flexibility index (Phi) is 5.97. The lowest BCUT2D eigenvalue weighted by Gasteiger charge is -2.28. The van der Waals surface area contributed by atoms with Crippen molar-refractivity contribution in [3.8, 4) is 6.07 Å². The fourth-order valence-electron chi connectivity index (χ4n) is 3.05. The minimum Gasteiger partial charge on any atom is -0.478 e. The SMILES string of the molecule is N#Cc1ccc([C@H]2CC[C@H](C/C=C/C=C/C(=O)O)CC2)cc1. The molecule has 1 aliphatic carbocycles. The highest BCUT2D eigenvalue weighted by molar-refractivity contribution is 5.80. The van der Waals surface area contributed by atoms with Crippen molar-refractivity contribution < 1.29 is 9.90 Å². The van der Waals surface area contributed by atoms with E-state index in [0.717, 1.165) is 18.1 Å². The molecule has 0 spiro atoms. The molecule has 22 heavy (non-hydrogen) atoms. The van der Waals surface area contributed by atoms with Gasteiger partial charge in [0.15, 0.2) is 0 Å². The molecule has 0 heterocycles. The number of hydrogen-bond acceptors (Lipinski definition) is 2. The molecule has 114 valence electrons. The van der Waals surface area contributed by atoms with Crippen molar-refractivity contribution in [3.63, 3.8) is 0 Å². The van der Waals surface area contributed by atoms with Gasteiger partial charge in [0.05, 0.1) is 11.6 Å². The number of nitrogens with zero attached hydrogens (tertiary/aromatic N) is 1. The van der Waals surface area contributed by atoms with E-state index in [9.17, 15) is 4.79 Å². The predicted molar refractivity (Wildman–Crippen MR) is 86.4 cm³/mol. The van der Waals surface area contributed by atoms with Crippen LogP contribution in [0.3, 0.4) is 0 Å². The molecule has 1 saturated carbocycles. The first-order chi connectivity index (χ1) is 10.7. The van der Waals surface area contributed by atoms with E-state index in [4.69, 9.17) is 10.4 Å². The summed E-state index contributed by atoms with van der Waals surface area (Å²) in [5, 5.41) is 17.3. The second-order valence-corrected chi connectivity index (χ2v) is 5.81. The summed E-state index contributed by atoms with van der Waals surface area (Å²) in [6.07, 6.45) is 12.4. The minimum absolute atomic E-state index is 0.611. The number of aliphatic carboxylic acids is 1. The summed E-state index contributed by atoms with van der Waals surface area (Å²) in [7, 11) is 0. The van der Waals surface area contributed by atoms with Gasteiger partial charge >= 0.3 is 5.97 Å². The lowest BCUT2D eigenvalue weighted by Crippen LogP contribution is -2.12. The highest BCUT2D eigenvalue weighted by Gasteiger charge is 2.21. The molecule has 0 radical (unpaired) electrons. The second-order valence-electron chi connectivity index (χ2n) is 5.81. The third-order valence-electron chi connectivity index (χ3n) is 4.31. The highest BCUT2D eigenvalue weighted by Crippen LogP contribution is 2.37. The van der Waals surface area contributed by atoms with E-state index < -0.39 is 5.97 Å². The van der Waals surface area contributed by atoms with Crippen LogP contribution < -0.4 is 0 Å². The van der Waals surface area contributed by atoms with Crippen LogP contribution in [0.5, 0.6) is 0 Å². The van der Waals surface area contributed by atoms with E-state index in [-0.39, 0.29) is 0 Å².